The van der Waals surface area contributed by atoms with Crippen LogP contribution in [-0.4, -0.2) is 29.7 Å². The van der Waals surface area contributed by atoms with E-state index >= 15 is 0 Å². The van der Waals surface area contributed by atoms with Gasteiger partial charge in [-0.05, 0) is 25.3 Å². The van der Waals surface area contributed by atoms with Gasteiger partial charge in [-0.25, -0.2) is 0 Å². The number of nitrogens with two attached hydrogens (primary N) is 1. The van der Waals surface area contributed by atoms with Crippen molar-refractivity contribution in [1.82, 2.24) is 5.32 Å². The van der Waals surface area contributed by atoms with E-state index in [1.165, 1.54) is 0 Å². The summed E-state index contributed by atoms with van der Waals surface area (Å²) in [5.41, 5.74) is 5.56. The molecule has 3 atom stereocenters. The van der Waals surface area contributed by atoms with E-state index < -0.39 is 0 Å². The summed E-state index contributed by atoms with van der Waals surface area (Å²) in [5, 5.41) is 12.7. The predicted molar refractivity (Wildman–Crippen MR) is 63.9 cm³/mol. The first-order valence-electron chi connectivity index (χ1n) is 6.34. The summed E-state index contributed by atoms with van der Waals surface area (Å²) >= 11 is 0. The van der Waals surface area contributed by atoms with Crippen molar-refractivity contribution in [1.29, 1.82) is 0 Å². The molecular weight excluding hydrogens is 204 g/mol. The first kappa shape index (κ1) is 13.5. The Morgan fingerprint density at radius 3 is 2.75 bits per heavy atom. The van der Waals surface area contributed by atoms with Crippen molar-refractivity contribution in [2.24, 2.45) is 11.7 Å². The number of aliphatic hydroxyl groups excluding tert-OH is 1. The van der Waals surface area contributed by atoms with Crippen LogP contribution in [0.5, 0.6) is 0 Å². The number of hydrogen-bond acceptors (Lipinski definition) is 3. The lowest BCUT2D eigenvalue weighted by atomic mass is 9.92. The molecule has 0 saturated heterocycles. The molecule has 1 amide bonds. The molecule has 1 aliphatic rings. The Labute approximate surface area is 97.6 Å². The summed E-state index contributed by atoms with van der Waals surface area (Å²) in [6.45, 7) is 2.59. The minimum absolute atomic E-state index is 0.0308. The summed E-state index contributed by atoms with van der Waals surface area (Å²) in [6.07, 6.45) is 4.90. The van der Waals surface area contributed by atoms with Gasteiger partial charge in [-0.3, -0.25) is 4.79 Å². The lowest BCUT2D eigenvalue weighted by molar-refractivity contribution is -0.123. The highest BCUT2D eigenvalue weighted by Crippen LogP contribution is 2.18. The van der Waals surface area contributed by atoms with Gasteiger partial charge >= 0.3 is 0 Å². The summed E-state index contributed by atoms with van der Waals surface area (Å²) in [4.78, 5) is 11.7. The second-order valence-corrected chi connectivity index (χ2v) is 4.74. The van der Waals surface area contributed by atoms with Gasteiger partial charge in [-0.2, -0.15) is 0 Å². The fourth-order valence-corrected chi connectivity index (χ4v) is 2.20. The highest BCUT2D eigenvalue weighted by atomic mass is 16.3. The minimum atomic E-state index is -0.365. The van der Waals surface area contributed by atoms with Gasteiger partial charge in [0, 0.05) is 6.42 Å². The highest BCUT2D eigenvalue weighted by molar-refractivity contribution is 5.76. The highest BCUT2D eigenvalue weighted by Gasteiger charge is 2.24. The van der Waals surface area contributed by atoms with E-state index in [9.17, 15) is 9.90 Å². The maximum atomic E-state index is 11.7. The van der Waals surface area contributed by atoms with Crippen LogP contribution in [0.2, 0.25) is 0 Å². The van der Waals surface area contributed by atoms with E-state index in [2.05, 4.69) is 5.32 Å². The molecule has 0 bridgehead atoms. The normalized spacial score (nSPS) is 27.4. The van der Waals surface area contributed by atoms with Crippen molar-refractivity contribution in [3.63, 3.8) is 0 Å². The van der Waals surface area contributed by atoms with Crippen LogP contribution in [-0.2, 0) is 4.79 Å². The van der Waals surface area contributed by atoms with Gasteiger partial charge < -0.3 is 16.2 Å². The number of rotatable bonds is 5. The van der Waals surface area contributed by atoms with Crippen molar-refractivity contribution in [3.05, 3.63) is 0 Å². The molecule has 1 saturated carbocycles. The van der Waals surface area contributed by atoms with Crippen LogP contribution in [0.4, 0.5) is 0 Å². The number of nitrogens with one attached hydrogen (secondary N) is 1. The molecule has 94 valence electrons. The molecule has 1 fully saturated rings. The van der Waals surface area contributed by atoms with Crippen molar-refractivity contribution < 1.29 is 9.90 Å². The number of aliphatic hydroxyl groups is 1. The first-order chi connectivity index (χ1) is 7.67. The average Bonchev–Trinajstić information content (AvgIpc) is 2.29. The monoisotopic (exact) mass is 228 g/mol. The molecule has 1 rings (SSSR count). The minimum Gasteiger partial charge on any atom is -0.391 e. The zero-order valence-electron chi connectivity index (χ0n) is 10.1. The molecule has 1 aliphatic carbocycles. The second kappa shape index (κ2) is 6.86. The van der Waals surface area contributed by atoms with Crippen LogP contribution in [0.1, 0.15) is 45.4 Å². The lowest BCUT2D eigenvalue weighted by Gasteiger charge is -2.28. The van der Waals surface area contributed by atoms with Gasteiger partial charge in [0.2, 0.25) is 5.91 Å². The van der Waals surface area contributed by atoms with Crippen molar-refractivity contribution >= 4 is 5.91 Å². The molecular formula is C12H24N2O2. The summed E-state index contributed by atoms with van der Waals surface area (Å²) in [7, 11) is 0. The maximum absolute atomic E-state index is 11.7. The van der Waals surface area contributed by atoms with Gasteiger partial charge in [-0.15, -0.1) is 0 Å². The van der Waals surface area contributed by atoms with Gasteiger partial charge in [0.25, 0.3) is 0 Å². The smallest absolute Gasteiger partial charge is 0.220 e. The van der Waals surface area contributed by atoms with Crippen LogP contribution in [0.25, 0.3) is 0 Å². The molecule has 4 nitrogen and oxygen atoms in total. The van der Waals surface area contributed by atoms with E-state index in [4.69, 9.17) is 5.73 Å². The molecule has 0 radical (unpaired) electrons. The largest absolute Gasteiger partial charge is 0.391 e. The Hall–Kier alpha value is -0.610. The summed E-state index contributed by atoms with van der Waals surface area (Å²) < 4.78 is 0. The molecule has 0 heterocycles. The fourth-order valence-electron chi connectivity index (χ4n) is 2.20. The standard InChI is InChI=1S/C12H24N2O2/c1-2-9(8-13)7-12(16)14-10-5-3-4-6-11(10)15/h9-11,15H,2-8,13H2,1H3,(H,14,16). The lowest BCUT2D eigenvalue weighted by Crippen LogP contribution is -2.45. The molecule has 0 aromatic rings. The SMILES string of the molecule is CCC(CN)CC(=O)NC1CCCCC1O. The van der Waals surface area contributed by atoms with Gasteiger partial charge in [0.15, 0.2) is 0 Å². The molecule has 0 aromatic carbocycles. The maximum Gasteiger partial charge on any atom is 0.220 e. The van der Waals surface area contributed by atoms with Crippen LogP contribution in [0, 0.1) is 5.92 Å². The molecule has 0 aliphatic heterocycles. The second-order valence-electron chi connectivity index (χ2n) is 4.74. The fraction of sp³-hybridized carbons (Fsp3) is 0.917. The Morgan fingerprint density at radius 1 is 1.50 bits per heavy atom. The van der Waals surface area contributed by atoms with E-state index in [1.54, 1.807) is 0 Å². The molecule has 4 N–H and O–H groups in total. The quantitative estimate of drug-likeness (QED) is 0.651. The number of hydrogen-bond donors (Lipinski definition) is 3. The Balaban J connectivity index is 2.32. The Bertz CT molecular complexity index is 217. The Kier molecular flexibility index (Phi) is 5.77. The summed E-state index contributed by atoms with van der Waals surface area (Å²) in [5.74, 6) is 0.295. The van der Waals surface area contributed by atoms with Gasteiger partial charge in [0.1, 0.15) is 0 Å². The number of carbonyl (C=O) groups is 1. The molecule has 16 heavy (non-hydrogen) atoms. The van der Waals surface area contributed by atoms with Gasteiger partial charge in [-0.1, -0.05) is 26.2 Å². The van der Waals surface area contributed by atoms with Crippen molar-refractivity contribution in [2.45, 2.75) is 57.6 Å². The average molecular weight is 228 g/mol. The molecule has 0 aromatic heterocycles. The Morgan fingerprint density at radius 2 is 2.19 bits per heavy atom. The molecule has 4 heteroatoms. The zero-order chi connectivity index (χ0) is 12.0. The molecule has 3 unspecified atom stereocenters. The van der Waals surface area contributed by atoms with E-state index in [0.717, 1.165) is 32.1 Å². The number of carbonyl (C=O) groups excluding carboxylic acids is 1. The topological polar surface area (TPSA) is 75.4 Å². The van der Waals surface area contributed by atoms with Crippen LogP contribution < -0.4 is 11.1 Å². The summed E-state index contributed by atoms with van der Waals surface area (Å²) in [6, 6.07) is -0.0449. The first-order valence-corrected chi connectivity index (χ1v) is 6.34. The van der Waals surface area contributed by atoms with Gasteiger partial charge in [0.05, 0.1) is 12.1 Å². The third-order valence-electron chi connectivity index (χ3n) is 3.46. The van der Waals surface area contributed by atoms with E-state index in [0.29, 0.717) is 13.0 Å². The molecule has 0 spiro atoms. The number of amides is 1. The van der Waals surface area contributed by atoms with Crippen LogP contribution >= 0.6 is 0 Å². The predicted octanol–water partition coefficient (Wildman–Crippen LogP) is 0.781. The van der Waals surface area contributed by atoms with Crippen LogP contribution in [0.3, 0.4) is 0 Å². The van der Waals surface area contributed by atoms with Crippen molar-refractivity contribution in [3.8, 4) is 0 Å². The third kappa shape index (κ3) is 4.10. The zero-order valence-corrected chi connectivity index (χ0v) is 10.1. The van der Waals surface area contributed by atoms with E-state index in [1.807, 2.05) is 6.92 Å². The third-order valence-corrected chi connectivity index (χ3v) is 3.46. The van der Waals surface area contributed by atoms with E-state index in [-0.39, 0.29) is 24.0 Å². The van der Waals surface area contributed by atoms with Crippen molar-refractivity contribution in [2.75, 3.05) is 6.54 Å². The van der Waals surface area contributed by atoms with Crippen LogP contribution in [0.15, 0.2) is 0 Å².